The maximum absolute atomic E-state index is 13.9. The van der Waals surface area contributed by atoms with Crippen LogP contribution in [-0.2, 0) is 11.2 Å². The zero-order valence-corrected chi connectivity index (χ0v) is 10.4. The van der Waals surface area contributed by atoms with E-state index in [1.54, 1.807) is 11.8 Å². The highest BCUT2D eigenvalue weighted by Crippen LogP contribution is 2.39. The first kappa shape index (κ1) is 12.7. The highest BCUT2D eigenvalue weighted by Gasteiger charge is 2.27. The summed E-state index contributed by atoms with van der Waals surface area (Å²) in [6.07, 6.45) is -0.144. The van der Waals surface area contributed by atoms with E-state index in [-0.39, 0.29) is 10.6 Å². The smallest absolute Gasteiger partial charge is 0.251 e. The predicted molar refractivity (Wildman–Crippen MR) is 64.6 cm³/mol. The Morgan fingerprint density at radius 2 is 2.35 bits per heavy atom. The van der Waals surface area contributed by atoms with Crippen LogP contribution in [0.5, 0.6) is 0 Å². The zero-order valence-electron chi connectivity index (χ0n) is 8.87. The lowest BCUT2D eigenvalue weighted by Gasteiger charge is -2.22. The molecule has 2 rings (SSSR count). The fourth-order valence-electron chi connectivity index (χ4n) is 1.90. The van der Waals surface area contributed by atoms with Crippen LogP contribution in [-0.4, -0.2) is 16.8 Å². The number of aliphatic hydroxyl groups excluding tert-OH is 1. The molecule has 0 aliphatic carbocycles. The molecule has 92 valence electrons. The Labute approximate surface area is 107 Å². The molecule has 1 aliphatic rings. The van der Waals surface area contributed by atoms with Gasteiger partial charge in [-0.15, -0.1) is 11.8 Å². The third-order valence-corrected chi connectivity index (χ3v) is 4.14. The number of aliphatic hydroxyl groups is 1. The van der Waals surface area contributed by atoms with Crippen LogP contribution >= 0.6 is 23.4 Å². The Kier molecular flexibility index (Phi) is 3.61. The lowest BCUT2D eigenvalue weighted by molar-refractivity contribution is -0.126. The van der Waals surface area contributed by atoms with Crippen LogP contribution in [0.3, 0.4) is 0 Å². The molecule has 0 aromatic heterocycles. The molecule has 0 saturated carbocycles. The Balaban J connectivity index is 2.62. The summed E-state index contributed by atoms with van der Waals surface area (Å²) >= 11 is 7.29. The number of amides is 1. The Hall–Kier alpha value is -0.780. The van der Waals surface area contributed by atoms with E-state index in [1.807, 2.05) is 0 Å². The molecule has 0 bridgehead atoms. The van der Waals surface area contributed by atoms with E-state index in [0.717, 1.165) is 17.1 Å². The summed E-state index contributed by atoms with van der Waals surface area (Å²) < 4.78 is 13.9. The number of nitrogens with two attached hydrogens (primary N) is 1. The molecule has 17 heavy (non-hydrogen) atoms. The van der Waals surface area contributed by atoms with Crippen LogP contribution in [0.2, 0.25) is 5.02 Å². The van der Waals surface area contributed by atoms with Crippen LogP contribution in [0.15, 0.2) is 11.0 Å². The number of halogens is 2. The first-order valence-electron chi connectivity index (χ1n) is 5.13. The number of carbonyl (C=O) groups is 1. The van der Waals surface area contributed by atoms with Crippen molar-refractivity contribution >= 4 is 29.3 Å². The van der Waals surface area contributed by atoms with E-state index in [2.05, 4.69) is 0 Å². The number of benzene rings is 1. The molecule has 0 fully saturated rings. The summed E-state index contributed by atoms with van der Waals surface area (Å²) in [7, 11) is 0. The second kappa shape index (κ2) is 4.84. The van der Waals surface area contributed by atoms with Gasteiger partial charge in [-0.25, -0.2) is 4.39 Å². The Morgan fingerprint density at radius 1 is 1.65 bits per heavy atom. The second-order valence-corrected chi connectivity index (χ2v) is 5.36. The van der Waals surface area contributed by atoms with Crippen molar-refractivity contribution in [2.75, 3.05) is 5.75 Å². The number of hydrogen-bond acceptors (Lipinski definition) is 3. The van der Waals surface area contributed by atoms with Gasteiger partial charge in [0.05, 0.1) is 5.02 Å². The Morgan fingerprint density at radius 3 is 3.00 bits per heavy atom. The molecule has 1 aromatic rings. The molecule has 1 atom stereocenters. The minimum Gasteiger partial charge on any atom is -0.378 e. The van der Waals surface area contributed by atoms with Gasteiger partial charge in [0.1, 0.15) is 5.82 Å². The molecule has 1 aromatic carbocycles. The van der Waals surface area contributed by atoms with Crippen molar-refractivity contribution in [1.82, 2.24) is 0 Å². The van der Waals surface area contributed by atoms with E-state index in [1.165, 1.54) is 6.07 Å². The van der Waals surface area contributed by atoms with Crippen molar-refractivity contribution in [1.29, 1.82) is 0 Å². The van der Waals surface area contributed by atoms with Crippen LogP contribution in [0, 0.1) is 5.82 Å². The fourth-order valence-corrected chi connectivity index (χ4v) is 3.28. The highest BCUT2D eigenvalue weighted by molar-refractivity contribution is 7.99. The summed E-state index contributed by atoms with van der Waals surface area (Å²) in [4.78, 5) is 11.8. The van der Waals surface area contributed by atoms with Gasteiger partial charge in [-0.2, -0.15) is 0 Å². The minimum absolute atomic E-state index is 0.0628. The standard InChI is InChI=1S/C11H11ClFNO2S/c12-6-4-7-5(2-1-3-17-7)8(9(6)13)10(15)11(14)16/h4,10,15H,1-3H2,(H2,14,16). The number of carbonyl (C=O) groups excluding carboxylic acids is 1. The van der Waals surface area contributed by atoms with E-state index < -0.39 is 17.8 Å². The average molecular weight is 276 g/mol. The lowest BCUT2D eigenvalue weighted by Crippen LogP contribution is -2.24. The van der Waals surface area contributed by atoms with Gasteiger partial charge in [-0.05, 0) is 30.2 Å². The Bertz CT molecular complexity index is 481. The van der Waals surface area contributed by atoms with Crippen molar-refractivity contribution in [3.63, 3.8) is 0 Å². The number of hydrogen-bond donors (Lipinski definition) is 2. The van der Waals surface area contributed by atoms with Gasteiger partial charge in [0.25, 0.3) is 5.91 Å². The third kappa shape index (κ3) is 2.27. The van der Waals surface area contributed by atoms with Crippen molar-refractivity contribution in [2.24, 2.45) is 5.73 Å². The largest absolute Gasteiger partial charge is 0.378 e. The monoisotopic (exact) mass is 275 g/mol. The zero-order chi connectivity index (χ0) is 12.6. The summed E-state index contributed by atoms with van der Waals surface area (Å²) in [6.45, 7) is 0. The van der Waals surface area contributed by atoms with Gasteiger partial charge in [0.2, 0.25) is 0 Å². The molecule has 3 N–H and O–H groups in total. The van der Waals surface area contributed by atoms with Crippen molar-refractivity contribution in [2.45, 2.75) is 23.8 Å². The molecule has 0 spiro atoms. The predicted octanol–water partition coefficient (Wildman–Crippen LogP) is 2.04. The summed E-state index contributed by atoms with van der Waals surface area (Å²) in [5, 5.41) is 9.59. The molecule has 6 heteroatoms. The van der Waals surface area contributed by atoms with Gasteiger partial charge in [-0.1, -0.05) is 11.6 Å². The van der Waals surface area contributed by atoms with Gasteiger partial charge in [0.15, 0.2) is 6.10 Å². The van der Waals surface area contributed by atoms with E-state index >= 15 is 0 Å². The van der Waals surface area contributed by atoms with E-state index in [0.29, 0.717) is 12.0 Å². The van der Waals surface area contributed by atoms with Crippen LogP contribution in [0.1, 0.15) is 23.7 Å². The minimum atomic E-state index is -1.64. The summed E-state index contributed by atoms with van der Waals surface area (Å²) in [5.74, 6) is -0.802. The number of fused-ring (bicyclic) bond motifs is 1. The van der Waals surface area contributed by atoms with Crippen LogP contribution in [0.25, 0.3) is 0 Å². The van der Waals surface area contributed by atoms with Crippen molar-refractivity contribution < 1.29 is 14.3 Å². The van der Waals surface area contributed by atoms with Crippen molar-refractivity contribution in [3.8, 4) is 0 Å². The maximum Gasteiger partial charge on any atom is 0.251 e. The molecule has 3 nitrogen and oxygen atoms in total. The highest BCUT2D eigenvalue weighted by atomic mass is 35.5. The molecule has 0 saturated heterocycles. The molecule has 1 aliphatic heterocycles. The van der Waals surface area contributed by atoms with E-state index in [9.17, 15) is 14.3 Å². The normalized spacial score (nSPS) is 16.4. The average Bonchev–Trinajstić information content (AvgIpc) is 2.30. The van der Waals surface area contributed by atoms with Gasteiger partial charge >= 0.3 is 0 Å². The maximum atomic E-state index is 13.9. The quantitative estimate of drug-likeness (QED) is 0.868. The molecule has 0 radical (unpaired) electrons. The number of thioether (sulfide) groups is 1. The van der Waals surface area contributed by atoms with Gasteiger partial charge in [0, 0.05) is 10.5 Å². The summed E-state index contributed by atoms with van der Waals surface area (Å²) in [5.41, 5.74) is 5.60. The molecule has 1 amide bonds. The summed E-state index contributed by atoms with van der Waals surface area (Å²) in [6, 6.07) is 1.53. The molecule has 1 heterocycles. The SMILES string of the molecule is NC(=O)C(O)c1c(F)c(Cl)cc2c1CCCS2. The van der Waals surface area contributed by atoms with Crippen LogP contribution < -0.4 is 5.73 Å². The fraction of sp³-hybridized carbons (Fsp3) is 0.364. The van der Waals surface area contributed by atoms with Gasteiger partial charge in [-0.3, -0.25) is 4.79 Å². The molecular weight excluding hydrogens is 265 g/mol. The first-order chi connectivity index (χ1) is 8.02. The van der Waals surface area contributed by atoms with Crippen LogP contribution in [0.4, 0.5) is 4.39 Å². The lowest BCUT2D eigenvalue weighted by atomic mass is 9.97. The molecule has 1 unspecified atom stereocenters. The van der Waals surface area contributed by atoms with E-state index in [4.69, 9.17) is 17.3 Å². The topological polar surface area (TPSA) is 63.3 Å². The molecular formula is C11H11ClFNO2S. The number of primary amides is 1. The number of rotatable bonds is 2. The third-order valence-electron chi connectivity index (χ3n) is 2.70. The second-order valence-electron chi connectivity index (χ2n) is 3.82. The first-order valence-corrected chi connectivity index (χ1v) is 6.49. The van der Waals surface area contributed by atoms with Crippen molar-refractivity contribution in [3.05, 3.63) is 28.0 Å². The van der Waals surface area contributed by atoms with Gasteiger partial charge < -0.3 is 10.8 Å².